The van der Waals surface area contributed by atoms with Crippen molar-refractivity contribution < 1.29 is 28.9 Å². The van der Waals surface area contributed by atoms with Crippen molar-refractivity contribution in [3.8, 4) is 0 Å². The Kier molecular flexibility index (Phi) is 7.97. The van der Waals surface area contributed by atoms with E-state index < -0.39 is 12.2 Å². The van der Waals surface area contributed by atoms with Gasteiger partial charge < -0.3 is 29.1 Å². The lowest BCUT2D eigenvalue weighted by Gasteiger charge is -2.29. The first-order valence-corrected chi connectivity index (χ1v) is 10.2. The molecule has 2 unspecified atom stereocenters. The maximum atomic E-state index is 12.3. The van der Waals surface area contributed by atoms with Gasteiger partial charge in [0.2, 0.25) is 5.91 Å². The molecule has 0 aliphatic carbocycles. The minimum atomic E-state index is -1.02. The third-order valence-electron chi connectivity index (χ3n) is 5.01. The average Bonchev–Trinajstić information content (AvgIpc) is 2.93. The number of carboxylic acid groups (broad SMARTS) is 1. The summed E-state index contributed by atoms with van der Waals surface area (Å²) in [5.41, 5.74) is 0.791. The summed E-state index contributed by atoms with van der Waals surface area (Å²) < 4.78 is 16.9. The number of carbonyl (C=O) groups is 2. The molecule has 1 N–H and O–H groups in total. The summed E-state index contributed by atoms with van der Waals surface area (Å²) in [5, 5.41) is 10.2. The van der Waals surface area contributed by atoms with E-state index in [1.807, 2.05) is 0 Å². The Morgan fingerprint density at radius 1 is 1.10 bits per heavy atom. The van der Waals surface area contributed by atoms with Crippen molar-refractivity contribution in [2.45, 2.75) is 6.10 Å². The Morgan fingerprint density at radius 3 is 2.52 bits per heavy atom. The largest absolute Gasteiger partial charge is 0.465 e. The van der Waals surface area contributed by atoms with Crippen molar-refractivity contribution in [2.75, 3.05) is 59.2 Å². The van der Waals surface area contributed by atoms with Crippen molar-refractivity contribution >= 4 is 35.2 Å². The molecule has 2 atom stereocenters. The van der Waals surface area contributed by atoms with Crippen molar-refractivity contribution in [3.63, 3.8) is 0 Å². The minimum absolute atomic E-state index is 0.0718. The molecule has 2 amide bonds. The summed E-state index contributed by atoms with van der Waals surface area (Å²) in [6, 6.07) is 5.21. The first kappa shape index (κ1) is 22.1. The van der Waals surface area contributed by atoms with Gasteiger partial charge in [-0.15, -0.1) is 0 Å². The molecule has 8 nitrogen and oxygen atoms in total. The summed E-state index contributed by atoms with van der Waals surface area (Å²) in [5.74, 6) is -0.410. The molecule has 0 radical (unpaired) electrons. The second-order valence-electron chi connectivity index (χ2n) is 6.96. The highest BCUT2D eigenvalue weighted by Gasteiger charge is 2.32. The van der Waals surface area contributed by atoms with E-state index in [0.29, 0.717) is 36.3 Å². The van der Waals surface area contributed by atoms with Gasteiger partial charge in [-0.3, -0.25) is 4.79 Å². The Bertz CT molecular complexity index is 729. The topological polar surface area (TPSA) is 88.5 Å². The van der Waals surface area contributed by atoms with Gasteiger partial charge in [0, 0.05) is 32.1 Å². The van der Waals surface area contributed by atoms with Crippen LogP contribution in [0.3, 0.4) is 0 Å². The number of benzene rings is 1. The highest BCUT2D eigenvalue weighted by atomic mass is 35.5. The van der Waals surface area contributed by atoms with Gasteiger partial charge in [0.25, 0.3) is 0 Å². The fourth-order valence-electron chi connectivity index (χ4n) is 3.47. The Balaban J connectivity index is 1.67. The normalized spacial score (nSPS) is 23.0. The predicted molar refractivity (Wildman–Crippen MR) is 106 cm³/mol. The minimum Gasteiger partial charge on any atom is -0.465 e. The lowest BCUT2D eigenvalue weighted by molar-refractivity contribution is -0.141. The van der Waals surface area contributed by atoms with Crippen LogP contribution >= 0.6 is 23.2 Å². The fraction of sp³-hybridized carbons (Fsp3) is 0.579. The molecule has 2 aliphatic rings. The van der Waals surface area contributed by atoms with Crippen molar-refractivity contribution in [2.24, 2.45) is 5.92 Å². The fourth-order valence-corrected chi connectivity index (χ4v) is 3.78. The molecule has 29 heavy (non-hydrogen) atoms. The van der Waals surface area contributed by atoms with E-state index in [1.54, 1.807) is 23.1 Å². The molecule has 1 aromatic carbocycles. The summed E-state index contributed by atoms with van der Waals surface area (Å²) in [6.07, 6.45) is -1.44. The SMILES string of the molecule is O=C(O)N1CCOC(c2ccc(Cl)c(Cl)c2)C(COCC(=O)N2CCOCC2)C1. The molecule has 0 aromatic heterocycles. The summed E-state index contributed by atoms with van der Waals surface area (Å²) in [6.45, 7) is 2.98. The van der Waals surface area contributed by atoms with Crippen LogP contribution in [0, 0.1) is 5.92 Å². The Hall–Kier alpha value is -1.58. The standard InChI is InChI=1S/C19H24Cl2N2O6/c20-15-2-1-13(9-16(15)21)18-14(10-23(19(25)26)5-8-29-18)11-28-12-17(24)22-3-6-27-7-4-22/h1-2,9,14,18H,3-8,10-12H2,(H,25,26). The van der Waals surface area contributed by atoms with Crippen LogP contribution in [0.1, 0.15) is 11.7 Å². The van der Waals surface area contributed by atoms with Crippen LogP contribution in [0.4, 0.5) is 4.79 Å². The third-order valence-corrected chi connectivity index (χ3v) is 5.74. The second kappa shape index (κ2) is 10.4. The monoisotopic (exact) mass is 446 g/mol. The maximum absolute atomic E-state index is 12.3. The Morgan fingerprint density at radius 2 is 1.83 bits per heavy atom. The lowest BCUT2D eigenvalue weighted by atomic mass is 9.96. The van der Waals surface area contributed by atoms with Crippen LogP contribution in [-0.4, -0.2) is 86.1 Å². The van der Waals surface area contributed by atoms with Crippen LogP contribution < -0.4 is 0 Å². The van der Waals surface area contributed by atoms with Crippen LogP contribution in [0.15, 0.2) is 18.2 Å². The molecule has 2 saturated heterocycles. The van der Waals surface area contributed by atoms with Crippen LogP contribution in [0.5, 0.6) is 0 Å². The number of hydrogen-bond acceptors (Lipinski definition) is 5. The summed E-state index contributed by atoms with van der Waals surface area (Å²) in [7, 11) is 0. The number of carbonyl (C=O) groups excluding carboxylic acids is 1. The van der Waals surface area contributed by atoms with Gasteiger partial charge in [0.1, 0.15) is 6.61 Å². The zero-order valence-electron chi connectivity index (χ0n) is 15.9. The molecule has 0 saturated carbocycles. The van der Waals surface area contributed by atoms with Gasteiger partial charge in [-0.25, -0.2) is 4.79 Å². The van der Waals surface area contributed by atoms with E-state index in [4.69, 9.17) is 37.4 Å². The highest BCUT2D eigenvalue weighted by molar-refractivity contribution is 6.42. The van der Waals surface area contributed by atoms with Crippen LogP contribution in [0.25, 0.3) is 0 Å². The summed E-state index contributed by atoms with van der Waals surface area (Å²) >= 11 is 12.2. The van der Waals surface area contributed by atoms with Gasteiger partial charge in [-0.2, -0.15) is 0 Å². The second-order valence-corrected chi connectivity index (χ2v) is 7.78. The van der Waals surface area contributed by atoms with Gasteiger partial charge >= 0.3 is 6.09 Å². The molecule has 3 rings (SSSR count). The van der Waals surface area contributed by atoms with E-state index in [1.165, 1.54) is 4.90 Å². The highest BCUT2D eigenvalue weighted by Crippen LogP contribution is 2.33. The number of nitrogens with zero attached hydrogens (tertiary/aromatic N) is 2. The molecule has 160 valence electrons. The number of hydrogen-bond donors (Lipinski definition) is 1. The van der Waals surface area contributed by atoms with Crippen molar-refractivity contribution in [3.05, 3.63) is 33.8 Å². The number of morpholine rings is 1. The number of halogens is 2. The van der Waals surface area contributed by atoms with Crippen molar-refractivity contribution in [1.29, 1.82) is 0 Å². The van der Waals surface area contributed by atoms with Crippen molar-refractivity contribution in [1.82, 2.24) is 9.80 Å². The van der Waals surface area contributed by atoms with E-state index >= 15 is 0 Å². The molecule has 1 aromatic rings. The van der Waals surface area contributed by atoms with Crippen LogP contribution in [-0.2, 0) is 19.0 Å². The molecular weight excluding hydrogens is 423 g/mol. The lowest BCUT2D eigenvalue weighted by Crippen LogP contribution is -2.43. The zero-order valence-corrected chi connectivity index (χ0v) is 17.4. The average molecular weight is 447 g/mol. The predicted octanol–water partition coefficient (Wildman–Crippen LogP) is 2.54. The first-order valence-electron chi connectivity index (χ1n) is 9.43. The zero-order chi connectivity index (χ0) is 20.8. The Labute approximate surface area is 179 Å². The van der Waals surface area contributed by atoms with Gasteiger partial charge in [-0.1, -0.05) is 29.3 Å². The molecule has 2 heterocycles. The molecule has 2 aliphatic heterocycles. The van der Waals surface area contributed by atoms with E-state index in [0.717, 1.165) is 5.56 Å². The third kappa shape index (κ3) is 5.96. The first-order chi connectivity index (χ1) is 14.0. The summed E-state index contributed by atoms with van der Waals surface area (Å²) in [4.78, 5) is 26.8. The quantitative estimate of drug-likeness (QED) is 0.747. The maximum Gasteiger partial charge on any atom is 0.407 e. The molecule has 0 bridgehead atoms. The van der Waals surface area contributed by atoms with Gasteiger partial charge in [0.15, 0.2) is 0 Å². The van der Waals surface area contributed by atoms with E-state index in [-0.39, 0.29) is 44.7 Å². The molecule has 10 heteroatoms. The number of ether oxygens (including phenoxy) is 3. The molecule has 0 spiro atoms. The number of amides is 2. The number of rotatable bonds is 5. The van der Waals surface area contributed by atoms with E-state index in [9.17, 15) is 14.7 Å². The van der Waals surface area contributed by atoms with Crippen LogP contribution in [0.2, 0.25) is 10.0 Å². The smallest absolute Gasteiger partial charge is 0.407 e. The molecular formula is C19H24Cl2N2O6. The molecule has 2 fully saturated rings. The van der Waals surface area contributed by atoms with Gasteiger partial charge in [-0.05, 0) is 17.7 Å². The van der Waals surface area contributed by atoms with Gasteiger partial charge in [0.05, 0.1) is 42.6 Å². The van der Waals surface area contributed by atoms with E-state index in [2.05, 4.69) is 0 Å².